The van der Waals surface area contributed by atoms with Crippen molar-refractivity contribution in [1.82, 2.24) is 0 Å². The Kier molecular flexibility index (Phi) is 7.57. The standard InChI is InChI=1S/C19H30FNO/c1-6-7-8-9-16(5)21(19(22)12-14(2)3)17-10-11-18(20)15(4)13-17/h10-11,13-14,16H,6-9,12H2,1-5H3. The number of carbonyl (C=O) groups excluding carboxylic acids is 1. The van der Waals surface area contributed by atoms with Gasteiger partial charge in [0.25, 0.3) is 0 Å². The van der Waals surface area contributed by atoms with Gasteiger partial charge in [0.1, 0.15) is 5.82 Å². The van der Waals surface area contributed by atoms with Crippen LogP contribution >= 0.6 is 0 Å². The van der Waals surface area contributed by atoms with Gasteiger partial charge in [0, 0.05) is 18.2 Å². The van der Waals surface area contributed by atoms with Crippen molar-refractivity contribution in [2.45, 2.75) is 72.8 Å². The Labute approximate surface area is 134 Å². The van der Waals surface area contributed by atoms with E-state index in [9.17, 15) is 9.18 Å². The van der Waals surface area contributed by atoms with Gasteiger partial charge in [-0.15, -0.1) is 0 Å². The van der Waals surface area contributed by atoms with Crippen LogP contribution in [-0.4, -0.2) is 11.9 Å². The molecular formula is C19H30FNO. The molecule has 22 heavy (non-hydrogen) atoms. The Morgan fingerprint density at radius 1 is 1.23 bits per heavy atom. The lowest BCUT2D eigenvalue weighted by atomic mass is 10.0. The molecule has 0 saturated heterocycles. The molecule has 0 heterocycles. The highest BCUT2D eigenvalue weighted by Crippen LogP contribution is 2.24. The van der Waals surface area contributed by atoms with Crippen molar-refractivity contribution in [3.8, 4) is 0 Å². The number of nitrogens with zero attached hydrogens (tertiary/aromatic N) is 1. The monoisotopic (exact) mass is 307 g/mol. The minimum absolute atomic E-state index is 0.130. The summed E-state index contributed by atoms with van der Waals surface area (Å²) in [5.41, 5.74) is 1.40. The van der Waals surface area contributed by atoms with E-state index in [1.165, 1.54) is 18.9 Å². The Morgan fingerprint density at radius 2 is 1.91 bits per heavy atom. The highest BCUT2D eigenvalue weighted by atomic mass is 19.1. The number of rotatable bonds is 8. The lowest BCUT2D eigenvalue weighted by Gasteiger charge is -2.30. The quantitative estimate of drug-likeness (QED) is 0.582. The molecule has 1 atom stereocenters. The third-order valence-electron chi connectivity index (χ3n) is 3.94. The number of anilines is 1. The summed E-state index contributed by atoms with van der Waals surface area (Å²) in [7, 11) is 0. The molecule has 0 aliphatic heterocycles. The number of halogens is 1. The summed E-state index contributed by atoms with van der Waals surface area (Å²) in [5, 5.41) is 0. The van der Waals surface area contributed by atoms with E-state index in [0.29, 0.717) is 17.9 Å². The molecule has 0 bridgehead atoms. The largest absolute Gasteiger partial charge is 0.310 e. The molecule has 3 heteroatoms. The van der Waals surface area contributed by atoms with Gasteiger partial charge in [0.15, 0.2) is 0 Å². The predicted molar refractivity (Wildman–Crippen MR) is 91.7 cm³/mol. The van der Waals surface area contributed by atoms with E-state index in [1.54, 1.807) is 19.1 Å². The fraction of sp³-hybridized carbons (Fsp3) is 0.632. The maximum Gasteiger partial charge on any atom is 0.227 e. The Balaban J connectivity index is 2.98. The molecule has 0 radical (unpaired) electrons. The zero-order valence-corrected chi connectivity index (χ0v) is 14.7. The molecule has 0 N–H and O–H groups in total. The summed E-state index contributed by atoms with van der Waals surface area (Å²) in [5.74, 6) is 0.225. The first-order valence-electron chi connectivity index (χ1n) is 8.45. The SMILES string of the molecule is CCCCCC(C)N(C(=O)CC(C)C)c1ccc(F)c(C)c1. The van der Waals surface area contributed by atoms with Gasteiger partial charge in [0.2, 0.25) is 5.91 Å². The maximum absolute atomic E-state index is 13.5. The third-order valence-corrected chi connectivity index (χ3v) is 3.94. The number of hydrogen-bond acceptors (Lipinski definition) is 1. The Hall–Kier alpha value is -1.38. The zero-order chi connectivity index (χ0) is 16.7. The van der Waals surface area contributed by atoms with Crippen molar-refractivity contribution < 1.29 is 9.18 Å². The number of hydrogen-bond donors (Lipinski definition) is 0. The van der Waals surface area contributed by atoms with Crippen LogP contribution in [0.1, 0.15) is 65.4 Å². The van der Waals surface area contributed by atoms with Crippen LogP contribution in [0.5, 0.6) is 0 Å². The summed E-state index contributed by atoms with van der Waals surface area (Å²) in [6, 6.07) is 5.10. The van der Waals surface area contributed by atoms with Gasteiger partial charge < -0.3 is 4.90 Å². The summed E-state index contributed by atoms with van der Waals surface area (Å²) in [6.45, 7) is 10.1. The molecule has 2 nitrogen and oxygen atoms in total. The summed E-state index contributed by atoms with van der Waals surface area (Å²) < 4.78 is 13.5. The molecule has 1 rings (SSSR count). The molecule has 124 valence electrons. The van der Waals surface area contributed by atoms with Crippen molar-refractivity contribution in [3.63, 3.8) is 0 Å². The van der Waals surface area contributed by atoms with Crippen LogP contribution in [-0.2, 0) is 4.79 Å². The van der Waals surface area contributed by atoms with Crippen molar-refractivity contribution in [2.75, 3.05) is 4.90 Å². The number of benzene rings is 1. The van der Waals surface area contributed by atoms with Crippen molar-refractivity contribution >= 4 is 11.6 Å². The average Bonchev–Trinajstić information content (AvgIpc) is 2.42. The summed E-state index contributed by atoms with van der Waals surface area (Å²) in [4.78, 5) is 14.5. The second-order valence-electron chi connectivity index (χ2n) is 6.64. The highest BCUT2D eigenvalue weighted by Gasteiger charge is 2.22. The lowest BCUT2D eigenvalue weighted by Crippen LogP contribution is -2.39. The lowest BCUT2D eigenvalue weighted by molar-refractivity contribution is -0.119. The minimum Gasteiger partial charge on any atom is -0.310 e. The average molecular weight is 307 g/mol. The fourth-order valence-electron chi connectivity index (χ4n) is 2.69. The van der Waals surface area contributed by atoms with Crippen LogP contribution in [0.2, 0.25) is 0 Å². The minimum atomic E-state index is -0.223. The predicted octanol–water partition coefficient (Wildman–Crippen LogP) is 5.48. The first-order chi connectivity index (χ1) is 10.4. The molecule has 0 aromatic heterocycles. The number of aryl methyl sites for hydroxylation is 1. The number of carbonyl (C=O) groups is 1. The van der Waals surface area contributed by atoms with Crippen LogP contribution in [0.4, 0.5) is 10.1 Å². The van der Waals surface area contributed by atoms with E-state index in [4.69, 9.17) is 0 Å². The Morgan fingerprint density at radius 3 is 2.45 bits per heavy atom. The van der Waals surface area contributed by atoms with E-state index >= 15 is 0 Å². The first-order valence-corrected chi connectivity index (χ1v) is 8.45. The van der Waals surface area contributed by atoms with E-state index in [-0.39, 0.29) is 17.8 Å². The molecule has 0 spiro atoms. The van der Waals surface area contributed by atoms with Gasteiger partial charge in [0.05, 0.1) is 0 Å². The molecule has 1 aromatic rings. The smallest absolute Gasteiger partial charge is 0.227 e. The second kappa shape index (κ2) is 8.92. The van der Waals surface area contributed by atoms with Crippen molar-refractivity contribution in [2.24, 2.45) is 5.92 Å². The van der Waals surface area contributed by atoms with Crippen molar-refractivity contribution in [3.05, 3.63) is 29.6 Å². The van der Waals surface area contributed by atoms with Gasteiger partial charge in [-0.2, -0.15) is 0 Å². The van der Waals surface area contributed by atoms with Crippen molar-refractivity contribution in [1.29, 1.82) is 0 Å². The fourth-order valence-corrected chi connectivity index (χ4v) is 2.69. The maximum atomic E-state index is 13.5. The third kappa shape index (κ3) is 5.43. The second-order valence-corrected chi connectivity index (χ2v) is 6.64. The van der Waals surface area contributed by atoms with Crippen LogP contribution in [0.15, 0.2) is 18.2 Å². The van der Waals surface area contributed by atoms with E-state index < -0.39 is 0 Å². The molecule has 1 unspecified atom stereocenters. The first kappa shape index (κ1) is 18.7. The van der Waals surface area contributed by atoms with Gasteiger partial charge in [-0.25, -0.2) is 4.39 Å². The summed E-state index contributed by atoms with van der Waals surface area (Å²) >= 11 is 0. The van der Waals surface area contributed by atoms with Crippen LogP contribution in [0.3, 0.4) is 0 Å². The summed E-state index contributed by atoms with van der Waals surface area (Å²) in [6.07, 6.45) is 4.97. The molecule has 0 saturated carbocycles. The Bertz CT molecular complexity index is 484. The molecule has 1 aromatic carbocycles. The molecule has 0 aliphatic rings. The topological polar surface area (TPSA) is 20.3 Å². The normalized spacial score (nSPS) is 12.5. The van der Waals surface area contributed by atoms with Gasteiger partial charge in [-0.05, 0) is 49.9 Å². The zero-order valence-electron chi connectivity index (χ0n) is 14.7. The van der Waals surface area contributed by atoms with Crippen LogP contribution in [0.25, 0.3) is 0 Å². The molecule has 0 aliphatic carbocycles. The molecule has 0 fully saturated rings. The van der Waals surface area contributed by atoms with Gasteiger partial charge in [-0.1, -0.05) is 40.0 Å². The van der Waals surface area contributed by atoms with E-state index in [2.05, 4.69) is 13.8 Å². The number of unbranched alkanes of at least 4 members (excludes halogenated alkanes) is 2. The van der Waals surface area contributed by atoms with Gasteiger partial charge >= 0.3 is 0 Å². The van der Waals surface area contributed by atoms with Crippen LogP contribution in [0, 0.1) is 18.7 Å². The van der Waals surface area contributed by atoms with E-state index in [0.717, 1.165) is 18.5 Å². The van der Waals surface area contributed by atoms with E-state index in [1.807, 2.05) is 18.7 Å². The molecular weight excluding hydrogens is 277 g/mol. The molecule has 1 amide bonds. The highest BCUT2D eigenvalue weighted by molar-refractivity contribution is 5.94. The van der Waals surface area contributed by atoms with Crippen LogP contribution < -0.4 is 4.90 Å². The van der Waals surface area contributed by atoms with Gasteiger partial charge in [-0.3, -0.25) is 4.79 Å². The number of amides is 1.